The van der Waals surface area contributed by atoms with E-state index in [1.807, 2.05) is 47.0 Å². The standard InChI is InChI=1S/C13H8ClNO.ClH/c14-11-6-3-5-10-12(16)8-9-4-1-2-7-15(9)13(10)11;/h1-8H;1H. The van der Waals surface area contributed by atoms with Crippen LogP contribution < -0.4 is 16.8 Å². The number of para-hydroxylation sites is 1. The van der Waals surface area contributed by atoms with Crippen LogP contribution in [0.2, 0.25) is 5.02 Å². The van der Waals surface area contributed by atoms with E-state index in [1.54, 1.807) is 6.07 Å². The highest BCUT2D eigenvalue weighted by Gasteiger charge is 2.15. The Kier molecular flexibility index (Phi) is 3.09. The number of aromatic hydroxyl groups is 1. The van der Waals surface area contributed by atoms with Crippen LogP contribution >= 0.6 is 11.6 Å². The van der Waals surface area contributed by atoms with Gasteiger partial charge in [-0.1, -0.05) is 17.7 Å². The molecular weight excluding hydrogens is 257 g/mol. The predicted molar refractivity (Wildman–Crippen MR) is 63.8 cm³/mol. The summed E-state index contributed by atoms with van der Waals surface area (Å²) in [6.45, 7) is 0. The first-order chi connectivity index (χ1) is 7.77. The van der Waals surface area contributed by atoms with Gasteiger partial charge in [-0.15, -0.1) is 0 Å². The average molecular weight is 266 g/mol. The van der Waals surface area contributed by atoms with Crippen LogP contribution in [0.1, 0.15) is 0 Å². The third-order valence-corrected chi connectivity index (χ3v) is 2.98. The molecule has 2 heterocycles. The van der Waals surface area contributed by atoms with Crippen LogP contribution in [0.4, 0.5) is 0 Å². The van der Waals surface area contributed by atoms with Gasteiger partial charge in [0.1, 0.15) is 10.8 Å². The lowest BCUT2D eigenvalue weighted by Crippen LogP contribution is -3.00. The summed E-state index contributed by atoms with van der Waals surface area (Å²) in [4.78, 5) is 0. The molecule has 0 unspecified atom stereocenters. The number of halogens is 2. The van der Waals surface area contributed by atoms with Gasteiger partial charge in [0.15, 0.2) is 6.20 Å². The average Bonchev–Trinajstić information content (AvgIpc) is 2.30. The molecule has 0 radical (unpaired) electrons. The Morgan fingerprint density at radius 2 is 1.88 bits per heavy atom. The quantitative estimate of drug-likeness (QED) is 0.447. The summed E-state index contributed by atoms with van der Waals surface area (Å²) in [7, 11) is 0. The Hall–Kier alpha value is -1.51. The molecule has 2 aromatic heterocycles. The number of nitrogens with zero attached hydrogens (tertiary/aromatic N) is 1. The molecule has 0 amide bonds. The number of aromatic nitrogens is 1. The van der Waals surface area contributed by atoms with Crippen molar-refractivity contribution in [2.75, 3.05) is 0 Å². The second-order valence-corrected chi connectivity index (χ2v) is 4.07. The van der Waals surface area contributed by atoms with Crippen molar-refractivity contribution in [3.05, 3.63) is 53.7 Å². The molecule has 0 fully saturated rings. The zero-order valence-electron chi connectivity index (χ0n) is 8.77. The van der Waals surface area contributed by atoms with E-state index in [0.717, 1.165) is 16.4 Å². The van der Waals surface area contributed by atoms with Gasteiger partial charge >= 0.3 is 0 Å². The van der Waals surface area contributed by atoms with E-state index in [2.05, 4.69) is 0 Å². The maximum absolute atomic E-state index is 9.92. The molecule has 1 N–H and O–H groups in total. The van der Waals surface area contributed by atoms with Gasteiger partial charge in [0, 0.05) is 12.1 Å². The van der Waals surface area contributed by atoms with E-state index in [1.165, 1.54) is 0 Å². The zero-order valence-corrected chi connectivity index (χ0v) is 10.3. The summed E-state index contributed by atoms with van der Waals surface area (Å²) in [6.07, 6.45) is 1.93. The maximum Gasteiger partial charge on any atom is 0.240 e. The molecule has 3 aromatic rings. The van der Waals surface area contributed by atoms with E-state index in [-0.39, 0.29) is 18.2 Å². The van der Waals surface area contributed by atoms with Crippen molar-refractivity contribution < 1.29 is 21.9 Å². The third kappa shape index (κ3) is 1.79. The van der Waals surface area contributed by atoms with Crippen molar-refractivity contribution in [3.63, 3.8) is 0 Å². The molecule has 4 heteroatoms. The van der Waals surface area contributed by atoms with Gasteiger partial charge in [0.25, 0.3) is 0 Å². The van der Waals surface area contributed by atoms with Gasteiger partial charge in [-0.2, -0.15) is 4.40 Å². The Bertz CT molecular complexity index is 697. The number of hydrogen-bond acceptors (Lipinski definition) is 1. The number of rotatable bonds is 0. The Labute approximate surface area is 109 Å². The molecular formula is C13H9Cl2NO. The van der Waals surface area contributed by atoms with Crippen LogP contribution in [-0.2, 0) is 0 Å². The predicted octanol–water partition coefficient (Wildman–Crippen LogP) is -0.0585. The molecule has 0 aliphatic heterocycles. The highest BCUT2D eigenvalue weighted by Crippen LogP contribution is 2.27. The number of pyridine rings is 2. The van der Waals surface area contributed by atoms with E-state index in [0.29, 0.717) is 5.02 Å². The molecule has 0 aliphatic rings. The van der Waals surface area contributed by atoms with Crippen LogP contribution in [0.25, 0.3) is 16.4 Å². The smallest absolute Gasteiger partial charge is 0.240 e. The van der Waals surface area contributed by atoms with Crippen LogP contribution in [0.3, 0.4) is 0 Å². The fourth-order valence-corrected chi connectivity index (χ4v) is 2.23. The Balaban J connectivity index is 0.00000108. The largest absolute Gasteiger partial charge is 1.00 e. The molecule has 1 aromatic carbocycles. The minimum Gasteiger partial charge on any atom is -1.00 e. The van der Waals surface area contributed by atoms with Gasteiger partial charge in [-0.25, -0.2) is 0 Å². The fourth-order valence-electron chi connectivity index (χ4n) is 1.96. The van der Waals surface area contributed by atoms with E-state index >= 15 is 0 Å². The first-order valence-electron chi connectivity index (χ1n) is 4.98. The highest BCUT2D eigenvalue weighted by atomic mass is 35.5. The lowest BCUT2D eigenvalue weighted by Gasteiger charge is -2.01. The van der Waals surface area contributed by atoms with Crippen LogP contribution in [-0.4, -0.2) is 5.11 Å². The summed E-state index contributed by atoms with van der Waals surface area (Å²) in [5.74, 6) is 0.253. The molecule has 86 valence electrons. The van der Waals surface area contributed by atoms with Crippen molar-refractivity contribution in [2.24, 2.45) is 0 Å². The maximum atomic E-state index is 9.92. The van der Waals surface area contributed by atoms with Crippen LogP contribution in [0.5, 0.6) is 5.75 Å². The Morgan fingerprint density at radius 3 is 2.71 bits per heavy atom. The minimum atomic E-state index is 0. The zero-order chi connectivity index (χ0) is 11.1. The van der Waals surface area contributed by atoms with E-state index in [9.17, 15) is 5.11 Å². The van der Waals surface area contributed by atoms with Crippen LogP contribution in [0, 0.1) is 0 Å². The molecule has 0 spiro atoms. The molecule has 0 saturated heterocycles. The first kappa shape index (κ1) is 12.0. The lowest BCUT2D eigenvalue weighted by atomic mass is 10.1. The number of fused-ring (bicyclic) bond motifs is 3. The molecule has 0 atom stereocenters. The topological polar surface area (TPSA) is 24.3 Å². The van der Waals surface area contributed by atoms with Crippen molar-refractivity contribution in [2.45, 2.75) is 0 Å². The molecule has 0 aliphatic carbocycles. The second-order valence-electron chi connectivity index (χ2n) is 3.66. The van der Waals surface area contributed by atoms with Gasteiger partial charge in [-0.3, -0.25) is 0 Å². The van der Waals surface area contributed by atoms with Gasteiger partial charge in [-0.05, 0) is 18.2 Å². The number of hydrogen-bond donors (Lipinski definition) is 1. The van der Waals surface area contributed by atoms with Gasteiger partial charge in [0.05, 0.1) is 11.5 Å². The lowest BCUT2D eigenvalue weighted by molar-refractivity contribution is -0.481. The van der Waals surface area contributed by atoms with Gasteiger partial charge < -0.3 is 17.5 Å². The highest BCUT2D eigenvalue weighted by molar-refractivity contribution is 6.34. The van der Waals surface area contributed by atoms with E-state index in [4.69, 9.17) is 11.6 Å². The minimum absolute atomic E-state index is 0. The van der Waals surface area contributed by atoms with E-state index < -0.39 is 0 Å². The van der Waals surface area contributed by atoms with Crippen molar-refractivity contribution >= 4 is 28.0 Å². The summed E-state index contributed by atoms with van der Waals surface area (Å²) < 4.78 is 1.97. The molecule has 3 rings (SSSR count). The molecule has 17 heavy (non-hydrogen) atoms. The fraction of sp³-hybridized carbons (Fsp3) is 0. The monoisotopic (exact) mass is 265 g/mol. The van der Waals surface area contributed by atoms with Gasteiger partial charge in [0.2, 0.25) is 11.0 Å². The summed E-state index contributed by atoms with van der Waals surface area (Å²) in [6, 6.07) is 13.0. The van der Waals surface area contributed by atoms with Crippen LogP contribution in [0.15, 0.2) is 48.7 Å². The second kappa shape index (κ2) is 4.40. The molecule has 0 bridgehead atoms. The SMILES string of the molecule is Oc1cc2cccc[n+]2c2c(Cl)cccc12.[Cl-]. The van der Waals surface area contributed by atoms with Crippen molar-refractivity contribution in [3.8, 4) is 5.75 Å². The summed E-state index contributed by atoms with van der Waals surface area (Å²) in [5.41, 5.74) is 1.75. The first-order valence-corrected chi connectivity index (χ1v) is 5.36. The van der Waals surface area contributed by atoms with Crippen molar-refractivity contribution in [1.29, 1.82) is 0 Å². The normalized spacial score (nSPS) is 10.4. The molecule has 2 nitrogen and oxygen atoms in total. The Morgan fingerprint density at radius 1 is 1.06 bits per heavy atom. The molecule has 0 saturated carbocycles. The summed E-state index contributed by atoms with van der Waals surface area (Å²) >= 11 is 6.18. The number of benzene rings is 1. The third-order valence-electron chi connectivity index (χ3n) is 2.68. The summed E-state index contributed by atoms with van der Waals surface area (Å²) in [5, 5.41) is 11.3. The van der Waals surface area contributed by atoms with Crippen molar-refractivity contribution in [1.82, 2.24) is 0 Å².